The summed E-state index contributed by atoms with van der Waals surface area (Å²) in [6, 6.07) is 19.7. The van der Waals surface area contributed by atoms with Crippen molar-refractivity contribution in [3.8, 4) is 17.0 Å². The second-order valence-corrected chi connectivity index (χ2v) is 8.90. The van der Waals surface area contributed by atoms with Crippen LogP contribution in [0.25, 0.3) is 11.3 Å². The van der Waals surface area contributed by atoms with E-state index in [1.807, 2.05) is 0 Å². The fourth-order valence-corrected chi connectivity index (χ4v) is 4.29. The van der Waals surface area contributed by atoms with Crippen molar-refractivity contribution < 1.29 is 4.74 Å². The summed E-state index contributed by atoms with van der Waals surface area (Å²) < 4.78 is 6.36. The molecule has 3 rings (SSSR count). The van der Waals surface area contributed by atoms with Crippen molar-refractivity contribution >= 4 is 0 Å². The number of nitrogens with zero attached hydrogens (tertiary/aromatic N) is 2. The summed E-state index contributed by atoms with van der Waals surface area (Å²) in [5.41, 5.74) is 8.50. The lowest BCUT2D eigenvalue weighted by atomic mass is 9.94. The van der Waals surface area contributed by atoms with E-state index in [2.05, 4.69) is 108 Å². The normalized spacial score (nSPS) is 12.4. The van der Waals surface area contributed by atoms with Gasteiger partial charge in [-0.1, -0.05) is 62.4 Å². The number of hydrogen-bond donors (Lipinski definition) is 0. The highest BCUT2D eigenvalue weighted by molar-refractivity contribution is 5.70. The van der Waals surface area contributed by atoms with Crippen molar-refractivity contribution in [3.63, 3.8) is 0 Å². The lowest BCUT2D eigenvalue weighted by Crippen LogP contribution is -2.23. The molecule has 3 nitrogen and oxygen atoms in total. The third-order valence-electron chi connectivity index (χ3n) is 6.26. The fourth-order valence-electron chi connectivity index (χ4n) is 4.29. The Balaban J connectivity index is 2.04. The molecular formula is C29H38N2O. The van der Waals surface area contributed by atoms with Crippen LogP contribution in [0.1, 0.15) is 68.6 Å². The third-order valence-corrected chi connectivity index (χ3v) is 6.26. The molecule has 0 radical (unpaired) electrons. The van der Waals surface area contributed by atoms with Crippen LogP contribution in [0.3, 0.4) is 0 Å². The average Bonchev–Trinajstić information content (AvgIpc) is 2.80. The maximum absolute atomic E-state index is 6.36. The number of rotatable bonds is 9. The largest absolute Gasteiger partial charge is 0.491 e. The van der Waals surface area contributed by atoms with Crippen LogP contribution >= 0.6 is 0 Å². The second kappa shape index (κ2) is 10.8. The Kier molecular flexibility index (Phi) is 8.09. The van der Waals surface area contributed by atoms with Crippen molar-refractivity contribution in [2.24, 2.45) is 0 Å². The van der Waals surface area contributed by atoms with Gasteiger partial charge in [-0.05, 0) is 64.3 Å². The molecule has 0 saturated heterocycles. The van der Waals surface area contributed by atoms with Gasteiger partial charge in [0, 0.05) is 35.5 Å². The molecule has 1 heterocycles. The first kappa shape index (κ1) is 24.0. The van der Waals surface area contributed by atoms with Crippen LogP contribution in [0.15, 0.2) is 54.6 Å². The number of hydrogen-bond acceptors (Lipinski definition) is 3. The Morgan fingerprint density at radius 2 is 1.53 bits per heavy atom. The van der Waals surface area contributed by atoms with Crippen molar-refractivity contribution in [2.75, 3.05) is 7.05 Å². The van der Waals surface area contributed by atoms with Crippen LogP contribution in [0.4, 0.5) is 0 Å². The first-order valence-electron chi connectivity index (χ1n) is 11.9. The molecule has 0 aliphatic heterocycles. The molecule has 0 unspecified atom stereocenters. The molecule has 0 N–H and O–H groups in total. The van der Waals surface area contributed by atoms with E-state index in [-0.39, 0.29) is 6.10 Å². The van der Waals surface area contributed by atoms with Gasteiger partial charge in [-0.15, -0.1) is 0 Å². The highest BCUT2D eigenvalue weighted by Crippen LogP contribution is 2.34. The van der Waals surface area contributed by atoms with E-state index in [9.17, 15) is 0 Å². The molecular weight excluding hydrogens is 392 g/mol. The van der Waals surface area contributed by atoms with E-state index in [0.29, 0.717) is 6.04 Å². The standard InChI is InChI=1S/C29H38N2O/c1-8-23-16-13-17-24(9-2)29(23)27-18-28(32-20(3)4)26(21(5)30-27)19-31(7)22(6)25-14-11-10-12-15-25/h10-18,20,22H,8-9,19H2,1-7H3/t22-/m0/s1. The van der Waals surface area contributed by atoms with Crippen LogP contribution in [-0.4, -0.2) is 23.0 Å². The molecule has 170 valence electrons. The first-order valence-corrected chi connectivity index (χ1v) is 11.9. The van der Waals surface area contributed by atoms with Gasteiger partial charge in [0.05, 0.1) is 11.8 Å². The van der Waals surface area contributed by atoms with Gasteiger partial charge in [0.15, 0.2) is 0 Å². The quantitative estimate of drug-likeness (QED) is 0.360. The Morgan fingerprint density at radius 1 is 0.906 bits per heavy atom. The van der Waals surface area contributed by atoms with Crippen molar-refractivity contribution in [3.05, 3.63) is 82.5 Å². The number of aryl methyl sites for hydroxylation is 3. The Labute approximate surface area is 194 Å². The second-order valence-electron chi connectivity index (χ2n) is 8.90. The smallest absolute Gasteiger partial charge is 0.128 e. The van der Waals surface area contributed by atoms with Gasteiger partial charge >= 0.3 is 0 Å². The maximum Gasteiger partial charge on any atom is 0.128 e. The molecule has 0 fully saturated rings. The van der Waals surface area contributed by atoms with E-state index in [1.165, 1.54) is 27.8 Å². The molecule has 2 aromatic carbocycles. The van der Waals surface area contributed by atoms with Crippen LogP contribution < -0.4 is 4.74 Å². The van der Waals surface area contributed by atoms with Crippen molar-refractivity contribution in [1.29, 1.82) is 0 Å². The maximum atomic E-state index is 6.36. The molecule has 0 aliphatic rings. The number of pyridine rings is 1. The summed E-state index contributed by atoms with van der Waals surface area (Å²) in [5.74, 6) is 0.947. The minimum Gasteiger partial charge on any atom is -0.491 e. The van der Waals surface area contributed by atoms with Crippen LogP contribution in [0.2, 0.25) is 0 Å². The zero-order valence-corrected chi connectivity index (χ0v) is 20.8. The van der Waals surface area contributed by atoms with Crippen LogP contribution in [-0.2, 0) is 19.4 Å². The highest BCUT2D eigenvalue weighted by Gasteiger charge is 2.20. The Bertz CT molecular complexity index is 1000. The summed E-state index contributed by atoms with van der Waals surface area (Å²) in [6.07, 6.45) is 2.08. The summed E-state index contributed by atoms with van der Waals surface area (Å²) in [7, 11) is 2.17. The SMILES string of the molecule is CCc1cccc(CC)c1-c1cc(OC(C)C)c(CN(C)[C@@H](C)c2ccccc2)c(C)n1. The first-order chi connectivity index (χ1) is 15.3. The van der Waals surface area contributed by atoms with Crippen LogP contribution in [0, 0.1) is 6.92 Å². The summed E-state index contributed by atoms with van der Waals surface area (Å²) in [5, 5.41) is 0. The number of aromatic nitrogens is 1. The average molecular weight is 431 g/mol. The van der Waals surface area contributed by atoms with Gasteiger partial charge in [0.2, 0.25) is 0 Å². The van der Waals surface area contributed by atoms with E-state index in [4.69, 9.17) is 9.72 Å². The molecule has 3 heteroatoms. The number of ether oxygens (including phenoxy) is 1. The molecule has 3 aromatic rings. The van der Waals surface area contributed by atoms with Gasteiger partial charge in [0.25, 0.3) is 0 Å². The summed E-state index contributed by atoms with van der Waals surface area (Å²) >= 11 is 0. The molecule has 1 atom stereocenters. The summed E-state index contributed by atoms with van der Waals surface area (Å²) in [4.78, 5) is 7.47. The summed E-state index contributed by atoms with van der Waals surface area (Å²) in [6.45, 7) is 13.8. The third kappa shape index (κ3) is 5.39. The molecule has 1 aromatic heterocycles. The van der Waals surface area contributed by atoms with Gasteiger partial charge < -0.3 is 4.74 Å². The van der Waals surface area contributed by atoms with Gasteiger partial charge in [-0.2, -0.15) is 0 Å². The monoisotopic (exact) mass is 430 g/mol. The Morgan fingerprint density at radius 3 is 2.09 bits per heavy atom. The van der Waals surface area contributed by atoms with E-state index in [0.717, 1.165) is 36.5 Å². The van der Waals surface area contributed by atoms with Crippen LogP contribution in [0.5, 0.6) is 5.75 Å². The lowest BCUT2D eigenvalue weighted by Gasteiger charge is -2.27. The van der Waals surface area contributed by atoms with Crippen molar-refractivity contribution in [2.45, 2.75) is 73.1 Å². The molecule has 0 saturated carbocycles. The molecule has 0 amide bonds. The van der Waals surface area contributed by atoms with E-state index >= 15 is 0 Å². The Hall–Kier alpha value is -2.65. The van der Waals surface area contributed by atoms with Crippen molar-refractivity contribution in [1.82, 2.24) is 9.88 Å². The molecule has 0 bridgehead atoms. The topological polar surface area (TPSA) is 25.4 Å². The number of benzene rings is 2. The van der Waals surface area contributed by atoms with Gasteiger partial charge in [-0.25, -0.2) is 0 Å². The van der Waals surface area contributed by atoms with E-state index < -0.39 is 0 Å². The highest BCUT2D eigenvalue weighted by atomic mass is 16.5. The molecule has 0 aliphatic carbocycles. The predicted octanol–water partition coefficient (Wildman–Crippen LogP) is 7.16. The van der Waals surface area contributed by atoms with Gasteiger partial charge in [-0.3, -0.25) is 9.88 Å². The molecule has 32 heavy (non-hydrogen) atoms. The van der Waals surface area contributed by atoms with E-state index in [1.54, 1.807) is 0 Å². The zero-order valence-electron chi connectivity index (χ0n) is 20.8. The minimum absolute atomic E-state index is 0.104. The minimum atomic E-state index is 0.104. The lowest BCUT2D eigenvalue weighted by molar-refractivity contribution is 0.221. The van der Waals surface area contributed by atoms with Gasteiger partial charge in [0.1, 0.15) is 5.75 Å². The molecule has 0 spiro atoms. The zero-order chi connectivity index (χ0) is 23.3. The predicted molar refractivity (Wildman–Crippen MR) is 135 cm³/mol. The fraction of sp³-hybridized carbons (Fsp3) is 0.414.